The zero-order chi connectivity index (χ0) is 15.9. The summed E-state index contributed by atoms with van der Waals surface area (Å²) < 4.78 is 2.96. The molecule has 0 aromatic carbocycles. The summed E-state index contributed by atoms with van der Waals surface area (Å²) in [6, 6.07) is 0.315. The minimum absolute atomic E-state index is 0.152. The smallest absolute Gasteiger partial charge is 0.222 e. The van der Waals surface area contributed by atoms with Crippen LogP contribution >= 0.6 is 15.9 Å². The van der Waals surface area contributed by atoms with Crippen molar-refractivity contribution < 1.29 is 4.79 Å². The normalized spacial score (nSPS) is 28.1. The number of nitrogens with one attached hydrogen (secondary N) is 1. The number of hydrogen-bond acceptors (Lipinski definition) is 2. The number of carbonyl (C=O) groups excluding carboxylic acids is 1. The van der Waals surface area contributed by atoms with Crippen LogP contribution in [0.1, 0.15) is 50.4 Å². The summed E-state index contributed by atoms with van der Waals surface area (Å²) in [5, 5.41) is 7.69. The number of hydrogen-bond donors (Lipinski definition) is 1. The predicted octanol–water partition coefficient (Wildman–Crippen LogP) is 3.59. The van der Waals surface area contributed by atoms with Crippen molar-refractivity contribution in [3.63, 3.8) is 0 Å². The molecule has 3 rings (SSSR count). The first kappa shape index (κ1) is 16.0. The first-order valence-corrected chi connectivity index (χ1v) is 9.24. The van der Waals surface area contributed by atoms with Crippen LogP contribution in [0.2, 0.25) is 0 Å². The van der Waals surface area contributed by atoms with Gasteiger partial charge >= 0.3 is 0 Å². The second kappa shape index (κ2) is 6.34. The second-order valence-corrected chi connectivity index (χ2v) is 7.95. The lowest BCUT2D eigenvalue weighted by molar-refractivity contribution is -0.122. The van der Waals surface area contributed by atoms with Gasteiger partial charge in [-0.15, -0.1) is 0 Å². The number of amides is 1. The molecule has 2 saturated carbocycles. The van der Waals surface area contributed by atoms with Crippen molar-refractivity contribution in [3.05, 3.63) is 15.9 Å². The fourth-order valence-electron chi connectivity index (χ4n) is 4.44. The number of aryl methyl sites for hydroxylation is 2. The standard InChI is InChI=1S/C17H26BrN3O/c1-10(15-9-13-4-5-14(15)8-13)19-16(22)6-7-21-12(3)17(18)11(2)20-21/h10,13-15H,4-9H2,1-3H3,(H,19,22)/t10-,13+,14+,15-/m0/s1. The summed E-state index contributed by atoms with van der Waals surface area (Å²) in [4.78, 5) is 12.2. The Morgan fingerprint density at radius 2 is 2.18 bits per heavy atom. The SMILES string of the molecule is Cc1nn(CCC(=O)N[C@@H](C)[C@@H]2C[C@@H]3CC[C@@H]2C3)c(C)c1Br. The molecule has 2 fully saturated rings. The number of nitrogens with zero attached hydrogens (tertiary/aromatic N) is 2. The van der Waals surface area contributed by atoms with Gasteiger partial charge in [-0.1, -0.05) is 6.42 Å². The lowest BCUT2D eigenvalue weighted by atomic mass is 9.84. The van der Waals surface area contributed by atoms with E-state index in [9.17, 15) is 4.79 Å². The van der Waals surface area contributed by atoms with Gasteiger partial charge in [-0.05, 0) is 73.7 Å². The van der Waals surface area contributed by atoms with E-state index in [1.54, 1.807) is 0 Å². The van der Waals surface area contributed by atoms with Gasteiger partial charge in [0.15, 0.2) is 0 Å². The Bertz CT molecular complexity index is 568. The molecule has 0 unspecified atom stereocenters. The molecule has 2 aliphatic carbocycles. The highest BCUT2D eigenvalue weighted by molar-refractivity contribution is 9.10. The summed E-state index contributed by atoms with van der Waals surface area (Å²) in [5.74, 6) is 2.64. The lowest BCUT2D eigenvalue weighted by Crippen LogP contribution is -2.40. The van der Waals surface area contributed by atoms with E-state index in [1.807, 2.05) is 18.5 Å². The zero-order valence-corrected chi connectivity index (χ0v) is 15.3. The molecule has 1 aromatic rings. The third kappa shape index (κ3) is 3.10. The Morgan fingerprint density at radius 3 is 2.73 bits per heavy atom. The predicted molar refractivity (Wildman–Crippen MR) is 90.6 cm³/mol. The third-order valence-corrected chi connectivity index (χ3v) is 6.82. The summed E-state index contributed by atoms with van der Waals surface area (Å²) in [6.07, 6.45) is 5.99. The van der Waals surface area contributed by atoms with Crippen LogP contribution in [0.5, 0.6) is 0 Å². The number of rotatable bonds is 5. The molecule has 122 valence electrons. The van der Waals surface area contributed by atoms with Crippen LogP contribution in [-0.4, -0.2) is 21.7 Å². The van der Waals surface area contributed by atoms with E-state index in [1.165, 1.54) is 25.7 Å². The van der Waals surface area contributed by atoms with Crippen LogP contribution in [0.4, 0.5) is 0 Å². The van der Waals surface area contributed by atoms with E-state index in [4.69, 9.17) is 0 Å². The van der Waals surface area contributed by atoms with Gasteiger partial charge in [0.2, 0.25) is 5.91 Å². The molecule has 5 heteroatoms. The number of halogens is 1. The summed E-state index contributed by atoms with van der Waals surface area (Å²) in [7, 11) is 0. The molecule has 1 amide bonds. The highest BCUT2D eigenvalue weighted by Crippen LogP contribution is 2.49. The zero-order valence-electron chi connectivity index (χ0n) is 13.7. The maximum atomic E-state index is 12.2. The monoisotopic (exact) mass is 367 g/mol. The molecule has 0 spiro atoms. The van der Waals surface area contributed by atoms with Gasteiger partial charge in [0.25, 0.3) is 0 Å². The third-order valence-electron chi connectivity index (χ3n) is 5.67. The van der Waals surface area contributed by atoms with E-state index in [2.05, 4.69) is 33.3 Å². The van der Waals surface area contributed by atoms with Gasteiger partial charge in [-0.3, -0.25) is 9.48 Å². The van der Waals surface area contributed by atoms with Crippen LogP contribution in [-0.2, 0) is 11.3 Å². The number of aromatic nitrogens is 2. The quantitative estimate of drug-likeness (QED) is 0.863. The van der Waals surface area contributed by atoms with Crippen molar-refractivity contribution >= 4 is 21.8 Å². The minimum atomic E-state index is 0.152. The van der Waals surface area contributed by atoms with Gasteiger partial charge in [0, 0.05) is 18.2 Å². The Labute approximate surface area is 141 Å². The number of carbonyl (C=O) groups is 1. The van der Waals surface area contributed by atoms with E-state index >= 15 is 0 Å². The largest absolute Gasteiger partial charge is 0.353 e. The van der Waals surface area contributed by atoms with Crippen LogP contribution in [0.3, 0.4) is 0 Å². The molecule has 22 heavy (non-hydrogen) atoms. The van der Waals surface area contributed by atoms with Crippen molar-refractivity contribution in [3.8, 4) is 0 Å². The highest BCUT2D eigenvalue weighted by Gasteiger charge is 2.42. The maximum Gasteiger partial charge on any atom is 0.222 e. The van der Waals surface area contributed by atoms with Crippen molar-refractivity contribution in [2.24, 2.45) is 17.8 Å². The van der Waals surface area contributed by atoms with Crippen molar-refractivity contribution in [1.29, 1.82) is 0 Å². The van der Waals surface area contributed by atoms with Crippen molar-refractivity contribution in [2.45, 2.75) is 65.5 Å². The fourth-order valence-corrected chi connectivity index (χ4v) is 4.72. The van der Waals surface area contributed by atoms with Gasteiger partial charge in [0.05, 0.1) is 16.7 Å². The van der Waals surface area contributed by atoms with Gasteiger partial charge in [-0.25, -0.2) is 0 Å². The van der Waals surface area contributed by atoms with Crippen LogP contribution in [0.15, 0.2) is 4.47 Å². The van der Waals surface area contributed by atoms with Crippen molar-refractivity contribution in [1.82, 2.24) is 15.1 Å². The average Bonchev–Trinajstić information content (AvgIpc) is 3.17. The molecule has 1 N–H and O–H groups in total. The topological polar surface area (TPSA) is 46.9 Å². The maximum absolute atomic E-state index is 12.2. The average molecular weight is 368 g/mol. The van der Waals surface area contributed by atoms with Crippen LogP contribution < -0.4 is 5.32 Å². The van der Waals surface area contributed by atoms with E-state index in [0.29, 0.717) is 24.9 Å². The highest BCUT2D eigenvalue weighted by atomic mass is 79.9. The van der Waals surface area contributed by atoms with Crippen LogP contribution in [0, 0.1) is 31.6 Å². The Morgan fingerprint density at radius 1 is 1.41 bits per heavy atom. The number of fused-ring (bicyclic) bond motifs is 2. The molecule has 4 nitrogen and oxygen atoms in total. The molecule has 2 aliphatic rings. The molecule has 0 aliphatic heterocycles. The molecule has 0 saturated heterocycles. The van der Waals surface area contributed by atoms with E-state index in [0.717, 1.165) is 27.7 Å². The molecular formula is C17H26BrN3O. The fraction of sp³-hybridized carbons (Fsp3) is 0.765. The molecule has 2 bridgehead atoms. The van der Waals surface area contributed by atoms with Crippen molar-refractivity contribution in [2.75, 3.05) is 0 Å². The molecule has 1 aromatic heterocycles. The summed E-state index contributed by atoms with van der Waals surface area (Å²) in [6.45, 7) is 6.83. The second-order valence-electron chi connectivity index (χ2n) is 7.15. The van der Waals surface area contributed by atoms with Gasteiger partial charge < -0.3 is 5.32 Å². The summed E-state index contributed by atoms with van der Waals surface area (Å²) in [5.41, 5.74) is 2.07. The molecule has 0 radical (unpaired) electrons. The summed E-state index contributed by atoms with van der Waals surface area (Å²) >= 11 is 3.53. The lowest BCUT2D eigenvalue weighted by Gasteiger charge is -2.28. The van der Waals surface area contributed by atoms with E-state index < -0.39 is 0 Å². The van der Waals surface area contributed by atoms with Gasteiger partial charge in [0.1, 0.15) is 0 Å². The van der Waals surface area contributed by atoms with Crippen LogP contribution in [0.25, 0.3) is 0 Å². The van der Waals surface area contributed by atoms with Gasteiger partial charge in [-0.2, -0.15) is 5.10 Å². The Balaban J connectivity index is 1.49. The first-order chi connectivity index (χ1) is 10.5. The molecule has 4 atom stereocenters. The Kier molecular flexibility index (Phi) is 4.62. The minimum Gasteiger partial charge on any atom is -0.353 e. The Hall–Kier alpha value is -0.840. The molecular weight excluding hydrogens is 342 g/mol. The molecule has 1 heterocycles. The van der Waals surface area contributed by atoms with E-state index in [-0.39, 0.29) is 5.91 Å². The first-order valence-electron chi connectivity index (χ1n) is 8.44.